The highest BCUT2D eigenvalue weighted by molar-refractivity contribution is 5.94. The standard InChI is InChI=1S/C13H12F2N2O/c14-11-4-3-10(9-12(11)15)13(18)16-5-8-17-6-1-2-7-17/h1-4,6-7,9H,5,8H2,(H,16,18). The highest BCUT2D eigenvalue weighted by atomic mass is 19.2. The predicted octanol–water partition coefficient (Wildman–Crippen LogP) is 2.20. The SMILES string of the molecule is O=C(NCCn1cccc1)c1ccc(F)c(F)c1. The molecule has 0 spiro atoms. The second kappa shape index (κ2) is 5.44. The first-order valence-electron chi connectivity index (χ1n) is 5.51. The quantitative estimate of drug-likeness (QED) is 0.886. The minimum absolute atomic E-state index is 0.112. The Balaban J connectivity index is 1.89. The Morgan fingerprint density at radius 1 is 1.17 bits per heavy atom. The van der Waals surface area contributed by atoms with Crippen LogP contribution in [0.4, 0.5) is 8.78 Å². The number of nitrogens with zero attached hydrogens (tertiary/aromatic N) is 1. The third-order valence-corrected chi connectivity index (χ3v) is 2.50. The van der Waals surface area contributed by atoms with E-state index in [1.54, 1.807) is 0 Å². The zero-order chi connectivity index (χ0) is 13.0. The molecule has 3 nitrogen and oxygen atoms in total. The van der Waals surface area contributed by atoms with Gasteiger partial charge in [0.1, 0.15) is 0 Å². The molecule has 5 heteroatoms. The Kier molecular flexibility index (Phi) is 3.72. The van der Waals surface area contributed by atoms with Crippen LogP contribution < -0.4 is 5.32 Å². The van der Waals surface area contributed by atoms with E-state index in [2.05, 4.69) is 5.32 Å². The van der Waals surface area contributed by atoms with E-state index in [1.807, 2.05) is 29.1 Å². The number of rotatable bonds is 4. The van der Waals surface area contributed by atoms with E-state index >= 15 is 0 Å². The maximum absolute atomic E-state index is 12.9. The molecule has 0 saturated carbocycles. The van der Waals surface area contributed by atoms with Crippen LogP contribution >= 0.6 is 0 Å². The number of hydrogen-bond acceptors (Lipinski definition) is 1. The summed E-state index contributed by atoms with van der Waals surface area (Å²) in [5, 5.41) is 2.64. The van der Waals surface area contributed by atoms with Gasteiger partial charge in [0.25, 0.3) is 5.91 Å². The van der Waals surface area contributed by atoms with Gasteiger partial charge in [-0.3, -0.25) is 4.79 Å². The minimum atomic E-state index is -1.02. The topological polar surface area (TPSA) is 34.0 Å². The van der Waals surface area contributed by atoms with Crippen molar-refractivity contribution in [2.45, 2.75) is 6.54 Å². The second-order valence-electron chi connectivity index (χ2n) is 3.81. The average molecular weight is 250 g/mol. The van der Waals surface area contributed by atoms with Crippen molar-refractivity contribution >= 4 is 5.91 Å². The molecule has 0 radical (unpaired) electrons. The normalized spacial score (nSPS) is 10.3. The van der Waals surface area contributed by atoms with E-state index in [0.717, 1.165) is 12.1 Å². The first-order chi connectivity index (χ1) is 8.66. The molecule has 0 unspecified atom stereocenters. The summed E-state index contributed by atoms with van der Waals surface area (Å²) in [4.78, 5) is 11.6. The van der Waals surface area contributed by atoms with Crippen LogP contribution in [0.2, 0.25) is 0 Å². The molecule has 0 atom stereocenters. The second-order valence-corrected chi connectivity index (χ2v) is 3.81. The van der Waals surface area contributed by atoms with Crippen LogP contribution in [0.25, 0.3) is 0 Å². The fourth-order valence-electron chi connectivity index (χ4n) is 1.56. The van der Waals surface area contributed by atoms with Crippen LogP contribution in [0.15, 0.2) is 42.7 Å². The van der Waals surface area contributed by atoms with E-state index < -0.39 is 17.5 Å². The lowest BCUT2D eigenvalue weighted by atomic mass is 10.2. The summed E-state index contributed by atoms with van der Waals surface area (Å²) in [5.74, 6) is -2.40. The van der Waals surface area contributed by atoms with Gasteiger partial charge in [-0.25, -0.2) is 8.78 Å². The molecule has 0 aliphatic rings. The van der Waals surface area contributed by atoms with Crippen molar-refractivity contribution in [2.75, 3.05) is 6.54 Å². The molecular formula is C13H12F2N2O. The summed E-state index contributed by atoms with van der Waals surface area (Å²) in [6, 6.07) is 6.86. The fraction of sp³-hybridized carbons (Fsp3) is 0.154. The number of hydrogen-bond donors (Lipinski definition) is 1. The summed E-state index contributed by atoms with van der Waals surface area (Å²) < 4.78 is 27.5. The van der Waals surface area contributed by atoms with Gasteiger partial charge in [-0.05, 0) is 30.3 Å². The van der Waals surface area contributed by atoms with E-state index in [4.69, 9.17) is 0 Å². The Bertz CT molecular complexity index is 538. The van der Waals surface area contributed by atoms with Crippen LogP contribution in [0.1, 0.15) is 10.4 Å². The molecule has 1 heterocycles. The zero-order valence-corrected chi connectivity index (χ0v) is 9.57. The molecule has 18 heavy (non-hydrogen) atoms. The van der Waals surface area contributed by atoms with Gasteiger partial charge in [0.2, 0.25) is 0 Å². The van der Waals surface area contributed by atoms with Crippen LogP contribution in [-0.4, -0.2) is 17.0 Å². The summed E-state index contributed by atoms with van der Waals surface area (Å²) in [5.41, 5.74) is 0.112. The maximum atomic E-state index is 12.9. The summed E-state index contributed by atoms with van der Waals surface area (Å²) in [6.45, 7) is 1.05. The van der Waals surface area contributed by atoms with Crippen LogP contribution in [0, 0.1) is 11.6 Å². The minimum Gasteiger partial charge on any atom is -0.353 e. The van der Waals surface area contributed by atoms with Crippen LogP contribution in [0.5, 0.6) is 0 Å². The van der Waals surface area contributed by atoms with Crippen LogP contribution in [-0.2, 0) is 6.54 Å². The number of amides is 1. The van der Waals surface area contributed by atoms with Gasteiger partial charge in [-0.15, -0.1) is 0 Å². The average Bonchev–Trinajstić information content (AvgIpc) is 2.85. The summed E-state index contributed by atoms with van der Waals surface area (Å²) in [6.07, 6.45) is 3.76. The third-order valence-electron chi connectivity index (χ3n) is 2.50. The number of nitrogens with one attached hydrogen (secondary N) is 1. The molecule has 94 valence electrons. The Morgan fingerprint density at radius 3 is 2.56 bits per heavy atom. The molecule has 1 N–H and O–H groups in total. The van der Waals surface area contributed by atoms with Gasteiger partial charge in [0, 0.05) is 31.0 Å². The number of carbonyl (C=O) groups excluding carboxylic acids is 1. The summed E-state index contributed by atoms with van der Waals surface area (Å²) >= 11 is 0. The molecule has 0 aliphatic heterocycles. The van der Waals surface area contributed by atoms with Gasteiger partial charge in [0.15, 0.2) is 11.6 Å². The van der Waals surface area contributed by atoms with Gasteiger partial charge in [-0.2, -0.15) is 0 Å². The van der Waals surface area contributed by atoms with Crippen LogP contribution in [0.3, 0.4) is 0 Å². The third kappa shape index (κ3) is 2.94. The van der Waals surface area contributed by atoms with E-state index in [9.17, 15) is 13.6 Å². The van der Waals surface area contributed by atoms with Gasteiger partial charge >= 0.3 is 0 Å². The molecule has 0 bridgehead atoms. The molecule has 1 amide bonds. The molecule has 0 aliphatic carbocycles. The monoisotopic (exact) mass is 250 g/mol. The highest BCUT2D eigenvalue weighted by Crippen LogP contribution is 2.08. The lowest BCUT2D eigenvalue weighted by Crippen LogP contribution is -2.27. The Hall–Kier alpha value is -2.17. The van der Waals surface area contributed by atoms with Gasteiger partial charge in [-0.1, -0.05) is 0 Å². The van der Waals surface area contributed by atoms with Crippen molar-refractivity contribution in [1.29, 1.82) is 0 Å². The highest BCUT2D eigenvalue weighted by Gasteiger charge is 2.08. The molecule has 1 aromatic carbocycles. The molecule has 1 aromatic heterocycles. The number of carbonyl (C=O) groups is 1. The largest absolute Gasteiger partial charge is 0.353 e. The lowest BCUT2D eigenvalue weighted by Gasteiger charge is -2.06. The Morgan fingerprint density at radius 2 is 1.89 bits per heavy atom. The van der Waals surface area contributed by atoms with Crippen molar-refractivity contribution in [2.24, 2.45) is 0 Å². The fourth-order valence-corrected chi connectivity index (χ4v) is 1.56. The van der Waals surface area contributed by atoms with E-state index in [1.165, 1.54) is 6.07 Å². The lowest BCUT2D eigenvalue weighted by molar-refractivity contribution is 0.0951. The molecule has 0 fully saturated rings. The first kappa shape index (κ1) is 12.3. The summed E-state index contributed by atoms with van der Waals surface area (Å²) in [7, 11) is 0. The van der Waals surface area contributed by atoms with Gasteiger partial charge in [0.05, 0.1) is 0 Å². The molecule has 0 saturated heterocycles. The maximum Gasteiger partial charge on any atom is 0.251 e. The number of aromatic nitrogens is 1. The zero-order valence-electron chi connectivity index (χ0n) is 9.57. The van der Waals surface area contributed by atoms with Crippen molar-refractivity contribution in [1.82, 2.24) is 9.88 Å². The molecular weight excluding hydrogens is 238 g/mol. The smallest absolute Gasteiger partial charge is 0.251 e. The van der Waals surface area contributed by atoms with Crippen molar-refractivity contribution < 1.29 is 13.6 Å². The first-order valence-corrected chi connectivity index (χ1v) is 5.51. The van der Waals surface area contributed by atoms with Crippen molar-refractivity contribution in [3.05, 3.63) is 59.9 Å². The number of benzene rings is 1. The van der Waals surface area contributed by atoms with Crippen molar-refractivity contribution in [3.8, 4) is 0 Å². The molecule has 2 rings (SSSR count). The van der Waals surface area contributed by atoms with Crippen molar-refractivity contribution in [3.63, 3.8) is 0 Å². The number of halogens is 2. The van der Waals surface area contributed by atoms with Gasteiger partial charge < -0.3 is 9.88 Å². The van der Waals surface area contributed by atoms with E-state index in [0.29, 0.717) is 13.1 Å². The predicted molar refractivity (Wildman–Crippen MR) is 63.1 cm³/mol. The molecule has 2 aromatic rings. The Labute approximate surface area is 103 Å². The van der Waals surface area contributed by atoms with E-state index in [-0.39, 0.29) is 5.56 Å².